The number of allylic oxidation sites excluding steroid dienone is 1. The van der Waals surface area contributed by atoms with Crippen molar-refractivity contribution in [3.63, 3.8) is 0 Å². The third-order valence-electron chi connectivity index (χ3n) is 4.36. The van der Waals surface area contributed by atoms with E-state index in [1.165, 1.54) is 0 Å². The van der Waals surface area contributed by atoms with Crippen LogP contribution in [-0.2, 0) is 0 Å². The second kappa shape index (κ2) is 6.96. The van der Waals surface area contributed by atoms with E-state index in [2.05, 4.69) is 32.7 Å². The summed E-state index contributed by atoms with van der Waals surface area (Å²) in [6.45, 7) is 5.35. The molecule has 130 valence electrons. The molecular formula is C16H25N7O. The van der Waals surface area contributed by atoms with E-state index in [1.807, 2.05) is 13.1 Å². The second-order valence-corrected chi connectivity index (χ2v) is 6.26. The first-order chi connectivity index (χ1) is 11.5. The minimum Gasteiger partial charge on any atom is -0.370 e. The molecule has 0 fully saturated rings. The van der Waals surface area contributed by atoms with Crippen molar-refractivity contribution in [2.45, 2.75) is 25.9 Å². The van der Waals surface area contributed by atoms with Gasteiger partial charge in [-0.15, -0.1) is 0 Å². The predicted octanol–water partition coefficient (Wildman–Crippen LogP) is -0.0183. The first-order valence-corrected chi connectivity index (χ1v) is 8.26. The summed E-state index contributed by atoms with van der Waals surface area (Å²) in [5.74, 6) is 0.143. The summed E-state index contributed by atoms with van der Waals surface area (Å²) in [4.78, 5) is 20.4. The molecule has 0 spiro atoms. The van der Waals surface area contributed by atoms with Gasteiger partial charge in [-0.25, -0.2) is 4.79 Å². The van der Waals surface area contributed by atoms with Crippen molar-refractivity contribution in [2.24, 2.45) is 16.5 Å². The van der Waals surface area contributed by atoms with Gasteiger partial charge in [0.25, 0.3) is 0 Å². The maximum Gasteiger partial charge on any atom is 0.327 e. The summed E-state index contributed by atoms with van der Waals surface area (Å²) < 4.78 is 0. The van der Waals surface area contributed by atoms with Gasteiger partial charge in [0.05, 0.1) is 0 Å². The van der Waals surface area contributed by atoms with E-state index in [4.69, 9.17) is 11.5 Å². The van der Waals surface area contributed by atoms with E-state index in [0.29, 0.717) is 6.54 Å². The number of carbonyl (C=O) groups is 1. The molecule has 0 aliphatic carbocycles. The van der Waals surface area contributed by atoms with Gasteiger partial charge in [0.1, 0.15) is 6.17 Å². The van der Waals surface area contributed by atoms with Crippen LogP contribution in [0.1, 0.15) is 19.8 Å². The fourth-order valence-corrected chi connectivity index (χ4v) is 3.16. The largest absolute Gasteiger partial charge is 0.370 e. The van der Waals surface area contributed by atoms with Crippen molar-refractivity contribution in [3.8, 4) is 0 Å². The normalized spacial score (nSPS) is 23.5. The number of guanidine groups is 1. The molecule has 8 heteroatoms. The van der Waals surface area contributed by atoms with Crippen molar-refractivity contribution in [1.82, 2.24) is 20.4 Å². The summed E-state index contributed by atoms with van der Waals surface area (Å²) in [5, 5.41) is 6.21. The number of amides is 2. The topological polar surface area (TPSA) is 112 Å². The minimum absolute atomic E-state index is 0.0770. The zero-order valence-electron chi connectivity index (χ0n) is 14.0. The Morgan fingerprint density at radius 1 is 1.42 bits per heavy atom. The van der Waals surface area contributed by atoms with Crippen LogP contribution in [0.3, 0.4) is 0 Å². The van der Waals surface area contributed by atoms with E-state index in [0.717, 1.165) is 49.4 Å². The van der Waals surface area contributed by atoms with E-state index < -0.39 is 0 Å². The number of fused-ring (bicyclic) bond motifs is 1. The first kappa shape index (κ1) is 16.4. The van der Waals surface area contributed by atoms with Gasteiger partial charge in [0.2, 0.25) is 0 Å². The third-order valence-corrected chi connectivity index (χ3v) is 4.36. The van der Waals surface area contributed by atoms with Gasteiger partial charge in [0.15, 0.2) is 5.96 Å². The summed E-state index contributed by atoms with van der Waals surface area (Å²) >= 11 is 0. The number of nitrogens with one attached hydrogen (secondary N) is 2. The highest BCUT2D eigenvalue weighted by Gasteiger charge is 2.31. The predicted molar refractivity (Wildman–Crippen MR) is 93.6 cm³/mol. The van der Waals surface area contributed by atoms with Gasteiger partial charge >= 0.3 is 6.03 Å². The number of hydrogen-bond donors (Lipinski definition) is 4. The Bertz CT molecular complexity index is 630. The monoisotopic (exact) mass is 331 g/mol. The van der Waals surface area contributed by atoms with Crippen molar-refractivity contribution in [3.05, 3.63) is 35.3 Å². The first-order valence-electron chi connectivity index (χ1n) is 8.26. The van der Waals surface area contributed by atoms with Gasteiger partial charge in [-0.3, -0.25) is 14.8 Å². The molecule has 0 bridgehead atoms. The maximum atomic E-state index is 12.3. The molecule has 3 heterocycles. The Kier molecular flexibility index (Phi) is 4.75. The molecule has 0 saturated heterocycles. The Morgan fingerprint density at radius 3 is 2.96 bits per heavy atom. The standard InChI is InChI=1S/C16H25N7O/c1-11-9-12-10-23(16(24)21-14(12)20-11)13-3-7-22(8-4-13)6-2-5-19-15(17)18/h3,9-10,14,20H,2,4-8H2,1H3,(H,21,24)(H4,17,18,19). The van der Waals surface area contributed by atoms with Gasteiger partial charge in [-0.2, -0.15) is 0 Å². The number of nitrogens with zero attached hydrogens (tertiary/aromatic N) is 3. The van der Waals surface area contributed by atoms with Crippen LogP contribution in [0.2, 0.25) is 0 Å². The molecule has 0 radical (unpaired) electrons. The Balaban J connectivity index is 1.57. The molecule has 3 rings (SSSR count). The number of aliphatic imine (C=N–C) groups is 1. The van der Waals surface area contributed by atoms with Crippen LogP contribution in [0.25, 0.3) is 0 Å². The van der Waals surface area contributed by atoms with Crippen LogP contribution >= 0.6 is 0 Å². The fraction of sp³-hybridized carbons (Fsp3) is 0.500. The molecule has 0 saturated carbocycles. The van der Waals surface area contributed by atoms with Crippen molar-refractivity contribution in [1.29, 1.82) is 0 Å². The second-order valence-electron chi connectivity index (χ2n) is 6.26. The van der Waals surface area contributed by atoms with Gasteiger partial charge in [0, 0.05) is 55.8 Å². The van der Waals surface area contributed by atoms with Gasteiger partial charge in [-0.05, 0) is 19.4 Å². The van der Waals surface area contributed by atoms with Crippen LogP contribution in [0, 0.1) is 0 Å². The fourth-order valence-electron chi connectivity index (χ4n) is 3.16. The molecule has 1 unspecified atom stereocenters. The van der Waals surface area contributed by atoms with Crippen LogP contribution in [-0.4, -0.2) is 54.1 Å². The SMILES string of the molecule is CC1=CC2=CN(C3=CCN(CCCN=C(N)N)CC3)C(=O)NC2N1. The van der Waals surface area contributed by atoms with Crippen LogP contribution in [0.15, 0.2) is 40.3 Å². The minimum atomic E-state index is -0.0926. The van der Waals surface area contributed by atoms with Crippen molar-refractivity contribution >= 4 is 12.0 Å². The molecular weight excluding hydrogens is 306 g/mol. The molecule has 6 N–H and O–H groups in total. The number of urea groups is 1. The van der Waals surface area contributed by atoms with Crippen molar-refractivity contribution in [2.75, 3.05) is 26.2 Å². The maximum absolute atomic E-state index is 12.3. The number of nitrogens with two attached hydrogens (primary N) is 2. The summed E-state index contributed by atoms with van der Waals surface area (Å²) in [7, 11) is 0. The third kappa shape index (κ3) is 3.70. The molecule has 0 aromatic rings. The molecule has 2 amide bonds. The lowest BCUT2D eigenvalue weighted by atomic mass is 10.1. The quantitative estimate of drug-likeness (QED) is 0.321. The zero-order chi connectivity index (χ0) is 17.1. The lowest BCUT2D eigenvalue weighted by Crippen LogP contribution is -2.51. The average molecular weight is 331 g/mol. The van der Waals surface area contributed by atoms with E-state index in [-0.39, 0.29) is 18.2 Å². The summed E-state index contributed by atoms with van der Waals surface area (Å²) in [6, 6.07) is -0.0770. The Hall–Kier alpha value is -2.48. The smallest absolute Gasteiger partial charge is 0.327 e. The molecule has 24 heavy (non-hydrogen) atoms. The molecule has 0 aromatic heterocycles. The molecule has 0 aromatic carbocycles. The number of carbonyl (C=O) groups excluding carboxylic acids is 1. The average Bonchev–Trinajstić information content (AvgIpc) is 2.90. The number of hydrogen-bond acceptors (Lipinski definition) is 4. The van der Waals surface area contributed by atoms with Gasteiger partial charge in [-0.1, -0.05) is 6.08 Å². The van der Waals surface area contributed by atoms with E-state index in [1.54, 1.807) is 4.90 Å². The highest BCUT2D eigenvalue weighted by atomic mass is 16.2. The molecule has 3 aliphatic heterocycles. The zero-order valence-corrected chi connectivity index (χ0v) is 14.0. The van der Waals surface area contributed by atoms with Crippen LogP contribution in [0.5, 0.6) is 0 Å². The molecule has 1 atom stereocenters. The van der Waals surface area contributed by atoms with Gasteiger partial charge < -0.3 is 22.1 Å². The van der Waals surface area contributed by atoms with Crippen molar-refractivity contribution < 1.29 is 4.79 Å². The summed E-state index contributed by atoms with van der Waals surface area (Å²) in [6.07, 6.45) is 7.81. The molecule has 3 aliphatic rings. The lowest BCUT2D eigenvalue weighted by Gasteiger charge is -2.34. The highest BCUT2D eigenvalue weighted by molar-refractivity contribution is 5.80. The van der Waals surface area contributed by atoms with E-state index in [9.17, 15) is 4.79 Å². The van der Waals surface area contributed by atoms with E-state index >= 15 is 0 Å². The lowest BCUT2D eigenvalue weighted by molar-refractivity contribution is 0.210. The Morgan fingerprint density at radius 2 is 2.25 bits per heavy atom. The summed E-state index contributed by atoms with van der Waals surface area (Å²) in [5.41, 5.74) is 13.8. The van der Waals surface area contributed by atoms with Crippen LogP contribution in [0.4, 0.5) is 4.79 Å². The van der Waals surface area contributed by atoms with Crippen LogP contribution < -0.4 is 22.1 Å². The number of rotatable bonds is 5. The Labute approximate surface area is 141 Å². The highest BCUT2D eigenvalue weighted by Crippen LogP contribution is 2.24. The molecule has 8 nitrogen and oxygen atoms in total.